The van der Waals surface area contributed by atoms with Gasteiger partial charge in [0.25, 0.3) is 0 Å². The van der Waals surface area contributed by atoms with Gasteiger partial charge in [-0.2, -0.15) is 10.1 Å². The molecule has 3 aromatic heterocycles. The van der Waals surface area contributed by atoms with Gasteiger partial charge in [0.2, 0.25) is 11.7 Å². The molecule has 1 N–H and O–H groups in total. The molecule has 12 heteroatoms. The smallest absolute Gasteiger partial charge is 0.406 e. The van der Waals surface area contributed by atoms with Crippen molar-refractivity contribution < 1.29 is 22.4 Å². The molecule has 5 aromatic rings. The third kappa shape index (κ3) is 4.37. The van der Waals surface area contributed by atoms with E-state index in [0.29, 0.717) is 38.7 Å². The van der Waals surface area contributed by atoms with E-state index in [1.54, 1.807) is 30.3 Å². The summed E-state index contributed by atoms with van der Waals surface area (Å²) >= 11 is 6.20. The van der Waals surface area contributed by atoms with Crippen LogP contribution in [-0.2, 0) is 6.42 Å². The number of benzene rings is 2. The molecular formula is C22H13ClF3N5O3. The van der Waals surface area contributed by atoms with Crippen LogP contribution in [0.3, 0.4) is 0 Å². The zero-order chi connectivity index (χ0) is 23.9. The Morgan fingerprint density at radius 3 is 2.59 bits per heavy atom. The molecule has 0 amide bonds. The summed E-state index contributed by atoms with van der Waals surface area (Å²) in [5.41, 5.74) is 2.19. The Kier molecular flexibility index (Phi) is 5.33. The van der Waals surface area contributed by atoms with E-state index < -0.39 is 12.1 Å². The first-order valence-corrected chi connectivity index (χ1v) is 10.2. The molecule has 0 saturated carbocycles. The van der Waals surface area contributed by atoms with Crippen LogP contribution in [0.2, 0.25) is 5.02 Å². The molecule has 0 fully saturated rings. The first-order chi connectivity index (χ1) is 16.3. The lowest BCUT2D eigenvalue weighted by Crippen LogP contribution is -2.16. The van der Waals surface area contributed by atoms with Gasteiger partial charge in [0.15, 0.2) is 5.65 Å². The van der Waals surface area contributed by atoms with Gasteiger partial charge in [0.05, 0.1) is 11.4 Å². The monoisotopic (exact) mass is 487 g/mol. The van der Waals surface area contributed by atoms with Crippen LogP contribution in [-0.4, -0.2) is 31.1 Å². The van der Waals surface area contributed by atoms with Gasteiger partial charge in [-0.15, -0.1) is 13.2 Å². The first-order valence-electron chi connectivity index (χ1n) is 9.80. The molecular weight excluding hydrogens is 475 g/mol. The first kappa shape index (κ1) is 21.7. The zero-order valence-electron chi connectivity index (χ0n) is 17.0. The van der Waals surface area contributed by atoms with Gasteiger partial charge >= 0.3 is 12.1 Å². The molecule has 0 atom stereocenters. The Morgan fingerprint density at radius 2 is 1.85 bits per heavy atom. The van der Waals surface area contributed by atoms with Crippen molar-refractivity contribution in [2.45, 2.75) is 12.8 Å². The molecule has 2 aromatic carbocycles. The molecule has 172 valence electrons. The van der Waals surface area contributed by atoms with Crippen molar-refractivity contribution in [3.63, 3.8) is 0 Å². The Labute approximate surface area is 193 Å². The van der Waals surface area contributed by atoms with Gasteiger partial charge in [0, 0.05) is 17.3 Å². The molecule has 0 spiro atoms. The highest BCUT2D eigenvalue weighted by Gasteiger charge is 2.31. The van der Waals surface area contributed by atoms with Crippen LogP contribution in [0.25, 0.3) is 28.2 Å². The number of aromatic amines is 1. The second kappa shape index (κ2) is 8.34. The second-order valence-electron chi connectivity index (χ2n) is 7.22. The maximum Gasteiger partial charge on any atom is 0.573 e. The molecule has 8 nitrogen and oxygen atoms in total. The lowest BCUT2D eigenvalue weighted by Gasteiger charge is -2.10. The molecule has 0 bridgehead atoms. The third-order valence-electron chi connectivity index (χ3n) is 4.94. The molecule has 0 aliphatic rings. The predicted molar refractivity (Wildman–Crippen MR) is 115 cm³/mol. The fourth-order valence-electron chi connectivity index (χ4n) is 3.46. The fraction of sp³-hybridized carbons (Fsp3) is 0.0909. The highest BCUT2D eigenvalue weighted by molar-refractivity contribution is 6.33. The quantitative estimate of drug-likeness (QED) is 0.379. The van der Waals surface area contributed by atoms with Crippen LogP contribution in [0, 0.1) is 0 Å². The van der Waals surface area contributed by atoms with Crippen molar-refractivity contribution >= 4 is 17.2 Å². The number of hydrogen-bond acceptors (Lipinski definition) is 6. The van der Waals surface area contributed by atoms with E-state index in [2.05, 4.69) is 25.1 Å². The van der Waals surface area contributed by atoms with Gasteiger partial charge in [-0.1, -0.05) is 41.0 Å². The van der Waals surface area contributed by atoms with Crippen molar-refractivity contribution in [3.8, 4) is 28.3 Å². The highest BCUT2D eigenvalue weighted by Crippen LogP contribution is 2.29. The van der Waals surface area contributed by atoms with Gasteiger partial charge < -0.3 is 9.26 Å². The standard InChI is InChI=1S/C22H13ClF3N5O3/c23-17-4-2-1-3-16(17)19-27-18(34-30-19)10-13-9-14(11-31-20(13)28-29-21(31)32)12-5-7-15(8-6-12)33-22(24,25)26/h1-9,11H,10H2,(H,29,32). The highest BCUT2D eigenvalue weighted by atomic mass is 35.5. The maximum absolute atomic E-state index is 12.4. The number of halogens is 4. The van der Waals surface area contributed by atoms with Gasteiger partial charge in [-0.3, -0.25) is 0 Å². The van der Waals surface area contributed by atoms with E-state index in [-0.39, 0.29) is 18.1 Å². The summed E-state index contributed by atoms with van der Waals surface area (Å²) in [5, 5.41) is 10.9. The van der Waals surface area contributed by atoms with Gasteiger partial charge in [0.1, 0.15) is 5.75 Å². The summed E-state index contributed by atoms with van der Waals surface area (Å²) in [7, 11) is 0. The minimum absolute atomic E-state index is 0.147. The van der Waals surface area contributed by atoms with Gasteiger partial charge in [-0.05, 0) is 41.5 Å². The Morgan fingerprint density at radius 1 is 1.09 bits per heavy atom. The molecule has 0 saturated heterocycles. The number of ether oxygens (including phenoxy) is 1. The number of pyridine rings is 1. The number of aromatic nitrogens is 5. The third-order valence-corrected chi connectivity index (χ3v) is 5.26. The number of hydrogen-bond donors (Lipinski definition) is 1. The van der Waals surface area contributed by atoms with Crippen molar-refractivity contribution in [2.75, 3.05) is 0 Å². The number of nitrogens with zero attached hydrogens (tertiary/aromatic N) is 4. The average molecular weight is 488 g/mol. The molecule has 5 rings (SSSR count). The van der Waals surface area contributed by atoms with E-state index in [4.69, 9.17) is 16.1 Å². The SMILES string of the molecule is O=c1[nH]nc2c(Cc3nc(-c4ccccc4Cl)no3)cc(-c3ccc(OC(F)(F)F)cc3)cn12. The summed E-state index contributed by atoms with van der Waals surface area (Å²) in [5.74, 6) is 0.224. The predicted octanol–water partition coefficient (Wildman–Crippen LogP) is 4.88. The molecule has 0 aliphatic carbocycles. The fourth-order valence-corrected chi connectivity index (χ4v) is 3.68. The lowest BCUT2D eigenvalue weighted by molar-refractivity contribution is -0.274. The largest absolute Gasteiger partial charge is 0.573 e. The Bertz CT molecular complexity index is 1540. The van der Waals surface area contributed by atoms with Crippen LogP contribution in [0.1, 0.15) is 11.5 Å². The number of alkyl halides is 3. The number of nitrogens with one attached hydrogen (secondary N) is 1. The van der Waals surface area contributed by atoms with E-state index in [9.17, 15) is 18.0 Å². The Hall–Kier alpha value is -4.12. The molecule has 34 heavy (non-hydrogen) atoms. The van der Waals surface area contributed by atoms with Crippen LogP contribution >= 0.6 is 11.6 Å². The molecule has 3 heterocycles. The van der Waals surface area contributed by atoms with E-state index in [1.165, 1.54) is 34.9 Å². The Balaban J connectivity index is 1.50. The van der Waals surface area contributed by atoms with Crippen LogP contribution in [0.5, 0.6) is 5.75 Å². The lowest BCUT2D eigenvalue weighted by atomic mass is 10.0. The van der Waals surface area contributed by atoms with E-state index in [0.717, 1.165) is 0 Å². The van der Waals surface area contributed by atoms with Crippen molar-refractivity contribution in [3.05, 3.63) is 87.8 Å². The maximum atomic E-state index is 12.4. The van der Waals surface area contributed by atoms with Crippen LogP contribution in [0.4, 0.5) is 13.2 Å². The van der Waals surface area contributed by atoms with Crippen LogP contribution < -0.4 is 10.4 Å². The summed E-state index contributed by atoms with van der Waals surface area (Å²) in [4.78, 5) is 16.6. The average Bonchev–Trinajstić information content (AvgIpc) is 3.40. The zero-order valence-corrected chi connectivity index (χ0v) is 17.8. The minimum Gasteiger partial charge on any atom is -0.406 e. The van der Waals surface area contributed by atoms with E-state index >= 15 is 0 Å². The minimum atomic E-state index is -4.79. The number of H-pyrrole nitrogens is 1. The second-order valence-corrected chi connectivity index (χ2v) is 7.62. The normalized spacial score (nSPS) is 11.8. The topological polar surface area (TPSA) is 98.3 Å². The van der Waals surface area contributed by atoms with Crippen molar-refractivity contribution in [1.82, 2.24) is 24.7 Å². The van der Waals surface area contributed by atoms with E-state index in [1.807, 2.05) is 0 Å². The number of rotatable bonds is 5. The number of fused-ring (bicyclic) bond motifs is 1. The molecule has 0 radical (unpaired) electrons. The summed E-state index contributed by atoms with van der Waals surface area (Å²) in [6.07, 6.45) is -3.10. The van der Waals surface area contributed by atoms with Crippen LogP contribution in [0.15, 0.2) is 70.1 Å². The molecule has 0 unspecified atom stereocenters. The van der Waals surface area contributed by atoms with Crippen molar-refractivity contribution in [1.29, 1.82) is 0 Å². The molecule has 0 aliphatic heterocycles. The van der Waals surface area contributed by atoms with Gasteiger partial charge in [-0.25, -0.2) is 14.3 Å². The summed E-state index contributed by atoms with van der Waals surface area (Å²) < 4.78 is 47.9. The summed E-state index contributed by atoms with van der Waals surface area (Å²) in [6.45, 7) is 0. The van der Waals surface area contributed by atoms with Crippen molar-refractivity contribution in [2.24, 2.45) is 0 Å². The summed E-state index contributed by atoms with van der Waals surface area (Å²) in [6, 6.07) is 14.1.